The minimum Gasteiger partial charge on any atom is -0.862 e. The number of rotatable bonds is 41. The lowest BCUT2D eigenvalue weighted by Crippen LogP contribution is -2.64. The van der Waals surface area contributed by atoms with E-state index in [1.165, 1.54) is 154 Å². The van der Waals surface area contributed by atoms with Crippen LogP contribution >= 0.6 is 7.82 Å². The predicted molar refractivity (Wildman–Crippen MR) is 236 cm³/mol. The fourth-order valence-corrected chi connectivity index (χ4v) is 9.04. The second kappa shape index (κ2) is 36.8. The Morgan fingerprint density at radius 3 is 1.19 bits per heavy atom. The van der Waals surface area contributed by atoms with Gasteiger partial charge in [0.2, 0.25) is 0 Å². The molecule has 12 nitrogen and oxygen atoms in total. The smallest absolute Gasteiger partial charge is 0.472 e. The zero-order valence-electron chi connectivity index (χ0n) is 37.5. The van der Waals surface area contributed by atoms with Crippen molar-refractivity contribution >= 4 is 13.7 Å². The van der Waals surface area contributed by atoms with Gasteiger partial charge >= 0.3 is 7.82 Å². The molecule has 59 heavy (non-hydrogen) atoms. The van der Waals surface area contributed by atoms with Gasteiger partial charge in [-0.2, -0.15) is 0 Å². The van der Waals surface area contributed by atoms with E-state index >= 15 is 0 Å². The molecule has 0 bridgehead atoms. The van der Waals surface area contributed by atoms with Crippen LogP contribution in [0.15, 0.2) is 4.99 Å². The summed E-state index contributed by atoms with van der Waals surface area (Å²) in [5, 5.41) is 74.3. The maximum absolute atomic E-state index is 12.9. The molecule has 3 unspecified atom stereocenters. The standard InChI is InChI=1S/C46H92NO11P/c1-3-5-7-9-11-13-15-17-19-20-22-24-26-28-30-32-34-36-40(49)47-38(37-57-59(55,56)58-46-44(53)42(51)41(50)43(52)45(46)54)39(48)35-33-31-29-27-25-23-21-18-16-14-12-10-8-6-4-2/h38-39,41-46,48,50-54H,3-37H2,1-2H3,(H,47,49)(H,55,56)/p-1/t38-,39+,41?,42-,43+,44+,45+,46?/m0/s1. The third-order valence-corrected chi connectivity index (χ3v) is 13.1. The molecule has 1 aliphatic carbocycles. The monoisotopic (exact) mass is 865 g/mol. The Hall–Kier alpha value is -0.660. The van der Waals surface area contributed by atoms with Crippen LogP contribution in [0.2, 0.25) is 0 Å². The van der Waals surface area contributed by atoms with E-state index in [1.54, 1.807) is 0 Å². The zero-order valence-corrected chi connectivity index (χ0v) is 38.4. The summed E-state index contributed by atoms with van der Waals surface area (Å²) < 4.78 is 22.9. The van der Waals surface area contributed by atoms with Crippen LogP contribution in [0.5, 0.6) is 0 Å². The molecule has 13 heteroatoms. The molecule has 0 saturated heterocycles. The molecule has 0 heterocycles. The first-order valence-electron chi connectivity index (χ1n) is 24.4. The lowest BCUT2D eigenvalue weighted by atomic mass is 9.85. The highest BCUT2D eigenvalue weighted by Crippen LogP contribution is 2.47. The largest absolute Gasteiger partial charge is 0.862 e. The highest BCUT2D eigenvalue weighted by Gasteiger charge is 2.51. The summed E-state index contributed by atoms with van der Waals surface area (Å²) in [6.45, 7) is 3.85. The Morgan fingerprint density at radius 1 is 0.525 bits per heavy atom. The Balaban J connectivity index is 2.47. The Kier molecular flexibility index (Phi) is 35.1. The molecule has 0 spiro atoms. The fraction of sp³-hybridized carbons (Fsp3) is 0.978. The van der Waals surface area contributed by atoms with Crippen LogP contribution in [0.25, 0.3) is 0 Å². The van der Waals surface area contributed by atoms with Crippen LogP contribution in [-0.2, 0) is 13.6 Å². The van der Waals surface area contributed by atoms with Gasteiger partial charge in [0.1, 0.15) is 36.6 Å². The van der Waals surface area contributed by atoms with Gasteiger partial charge in [0.25, 0.3) is 0 Å². The summed E-state index contributed by atoms with van der Waals surface area (Å²) in [4.78, 5) is 14.6. The van der Waals surface area contributed by atoms with Gasteiger partial charge in [-0.25, -0.2) is 4.57 Å². The van der Waals surface area contributed by atoms with Crippen molar-refractivity contribution in [2.45, 2.75) is 281 Å². The van der Waals surface area contributed by atoms with Crippen molar-refractivity contribution in [3.63, 3.8) is 0 Å². The molecule has 0 aromatic carbocycles. The molecule has 0 amide bonds. The van der Waals surface area contributed by atoms with Gasteiger partial charge in [0.15, 0.2) is 0 Å². The molecular weight excluding hydrogens is 773 g/mol. The number of nitrogens with zero attached hydrogens (tertiary/aromatic N) is 1. The fourth-order valence-electron chi connectivity index (χ4n) is 8.08. The maximum atomic E-state index is 12.9. The Bertz CT molecular complexity index is 1020. The molecule has 1 fully saturated rings. The molecule has 0 aromatic heterocycles. The molecule has 0 radical (unpaired) electrons. The zero-order chi connectivity index (χ0) is 43.6. The normalized spacial score (nSPS) is 23.4. The van der Waals surface area contributed by atoms with Crippen molar-refractivity contribution in [3.8, 4) is 0 Å². The third-order valence-electron chi connectivity index (χ3n) is 12.1. The summed E-state index contributed by atoms with van der Waals surface area (Å²) in [5.41, 5.74) is 0. The average Bonchev–Trinajstić information content (AvgIpc) is 3.22. The number of aliphatic hydroxyl groups is 6. The molecule has 1 aliphatic rings. The molecule has 7 N–H and O–H groups in total. The topological polar surface area (TPSA) is 213 Å². The number of phosphoric acid groups is 1. The van der Waals surface area contributed by atoms with E-state index in [-0.39, 0.29) is 6.42 Å². The summed E-state index contributed by atoms with van der Waals surface area (Å²) in [7, 11) is -5.07. The first kappa shape index (κ1) is 56.4. The van der Waals surface area contributed by atoms with Gasteiger partial charge in [-0.1, -0.05) is 213 Å². The minimum absolute atomic E-state index is 0.187. The van der Waals surface area contributed by atoms with Crippen molar-refractivity contribution in [1.29, 1.82) is 0 Å². The van der Waals surface area contributed by atoms with Crippen LogP contribution in [0.1, 0.15) is 232 Å². The first-order chi connectivity index (χ1) is 28.4. The van der Waals surface area contributed by atoms with Crippen molar-refractivity contribution in [1.82, 2.24) is 0 Å². The van der Waals surface area contributed by atoms with Crippen molar-refractivity contribution < 1.29 is 54.3 Å². The molecule has 1 saturated carbocycles. The number of hydrogen-bond donors (Lipinski definition) is 7. The summed E-state index contributed by atoms with van der Waals surface area (Å²) in [6.07, 6.45) is 26.6. The van der Waals surface area contributed by atoms with Gasteiger partial charge in [-0.3, -0.25) is 14.0 Å². The number of aliphatic imine (C=N–C) groups is 1. The van der Waals surface area contributed by atoms with E-state index in [0.717, 1.165) is 38.5 Å². The van der Waals surface area contributed by atoms with Crippen LogP contribution in [-0.4, -0.2) is 96.8 Å². The second-order valence-electron chi connectivity index (χ2n) is 17.6. The van der Waals surface area contributed by atoms with E-state index in [9.17, 15) is 45.2 Å². The molecular formula is C46H91NO11P-. The highest BCUT2D eigenvalue weighted by atomic mass is 31.2. The predicted octanol–water partition coefficient (Wildman–Crippen LogP) is 9.10. The third kappa shape index (κ3) is 28.6. The van der Waals surface area contributed by atoms with Crippen LogP contribution < -0.4 is 5.11 Å². The number of phosphoric ester groups is 1. The van der Waals surface area contributed by atoms with Crippen LogP contribution in [0.3, 0.4) is 0 Å². The second-order valence-corrected chi connectivity index (χ2v) is 19.0. The van der Waals surface area contributed by atoms with Gasteiger partial charge in [0, 0.05) is 0 Å². The first-order valence-corrected chi connectivity index (χ1v) is 25.9. The van der Waals surface area contributed by atoms with Crippen molar-refractivity contribution in [2.75, 3.05) is 6.61 Å². The molecule has 0 aromatic rings. The molecule has 1 rings (SSSR count). The summed E-state index contributed by atoms with van der Waals surface area (Å²) in [6, 6.07) is -1.15. The van der Waals surface area contributed by atoms with E-state index in [0.29, 0.717) is 19.3 Å². The van der Waals surface area contributed by atoms with Crippen molar-refractivity contribution in [2.24, 2.45) is 4.99 Å². The average molecular weight is 865 g/mol. The Labute approximate surface area is 359 Å². The lowest BCUT2D eigenvalue weighted by Gasteiger charge is -2.41. The van der Waals surface area contributed by atoms with E-state index < -0.39 is 69.1 Å². The van der Waals surface area contributed by atoms with Crippen LogP contribution in [0.4, 0.5) is 0 Å². The molecule has 352 valence electrons. The van der Waals surface area contributed by atoms with Gasteiger partial charge in [-0.15, -0.1) is 0 Å². The molecule has 0 aliphatic heterocycles. The van der Waals surface area contributed by atoms with Crippen molar-refractivity contribution in [3.05, 3.63) is 0 Å². The highest BCUT2D eigenvalue weighted by molar-refractivity contribution is 7.47. The number of hydrogen-bond acceptors (Lipinski definition) is 11. The SMILES string of the molecule is CCCCCCCCCCCCCCCCCCCC([O-])=N[C@@H](COP(=O)(O)OC1[C@H](O)[C@H](O)C(O)[C@H](O)[C@H]1O)[C@H](O)CCCCCCCCCCCCCCCCC. The summed E-state index contributed by atoms with van der Waals surface area (Å²) in [5.74, 6) is -0.429. The Morgan fingerprint density at radius 2 is 0.831 bits per heavy atom. The summed E-state index contributed by atoms with van der Waals surface area (Å²) >= 11 is 0. The van der Waals surface area contributed by atoms with Gasteiger partial charge < -0.3 is 40.6 Å². The van der Waals surface area contributed by atoms with Gasteiger partial charge in [0.05, 0.1) is 18.8 Å². The number of unbranched alkanes of at least 4 members (excludes halogenated alkanes) is 30. The van der Waals surface area contributed by atoms with Gasteiger partial charge in [-0.05, 0) is 25.2 Å². The lowest BCUT2D eigenvalue weighted by molar-refractivity contribution is -0.220. The number of aliphatic hydroxyl groups excluding tert-OH is 6. The van der Waals surface area contributed by atoms with Crippen LogP contribution in [0, 0.1) is 0 Å². The maximum Gasteiger partial charge on any atom is 0.472 e. The molecule has 9 atom stereocenters. The van der Waals surface area contributed by atoms with E-state index in [2.05, 4.69) is 18.8 Å². The minimum atomic E-state index is -5.07. The van der Waals surface area contributed by atoms with E-state index in [1.807, 2.05) is 0 Å². The quantitative estimate of drug-likeness (QED) is 0.0133. The van der Waals surface area contributed by atoms with E-state index in [4.69, 9.17) is 9.05 Å².